The Bertz CT molecular complexity index is 730. The molecular weight excluding hydrogens is 388 g/mol. The fraction of sp³-hybridized carbons (Fsp3) is 0.348. The van der Waals surface area contributed by atoms with E-state index in [-0.39, 0.29) is 5.91 Å². The van der Waals surface area contributed by atoms with Crippen molar-refractivity contribution in [3.8, 4) is 0 Å². The summed E-state index contributed by atoms with van der Waals surface area (Å²) in [5.74, 6) is -0.0545. The lowest BCUT2D eigenvalue weighted by atomic mass is 10.2. The van der Waals surface area contributed by atoms with Gasteiger partial charge in [0.25, 0.3) is 0 Å². The molecule has 152 valence electrons. The van der Waals surface area contributed by atoms with E-state index in [9.17, 15) is 4.79 Å². The maximum atomic E-state index is 12.0. The largest absolute Gasteiger partial charge is 0.353 e. The summed E-state index contributed by atoms with van der Waals surface area (Å²) in [5.41, 5.74) is 1.02. The van der Waals surface area contributed by atoms with Crippen LogP contribution in [0.15, 0.2) is 64.4 Å². The zero-order valence-corrected chi connectivity index (χ0v) is 18.8. The van der Waals surface area contributed by atoms with E-state index in [1.807, 2.05) is 62.4 Å². The molecule has 5 heteroatoms. The first-order chi connectivity index (χ1) is 13.5. The number of nitrogens with one attached hydrogen (secondary N) is 1. The molecule has 2 rings (SSSR count). The molecule has 0 aliphatic rings. The van der Waals surface area contributed by atoms with E-state index in [1.165, 1.54) is 0 Å². The van der Waals surface area contributed by atoms with E-state index < -0.39 is 0 Å². The monoisotopic (exact) mass is 418 g/mol. The van der Waals surface area contributed by atoms with Crippen molar-refractivity contribution >= 4 is 35.3 Å². The minimum Gasteiger partial charge on any atom is -0.353 e. The van der Waals surface area contributed by atoms with E-state index in [0.717, 1.165) is 39.8 Å². The molecule has 2 aromatic rings. The average molecular weight is 419 g/mol. The van der Waals surface area contributed by atoms with Gasteiger partial charge in [0.05, 0.1) is 0 Å². The number of amides is 1. The van der Waals surface area contributed by atoms with Crippen LogP contribution in [0, 0.1) is 0 Å². The lowest BCUT2D eigenvalue weighted by Crippen LogP contribution is -2.23. The standard InChI is InChI=1S/C21H25ClN2OS.C2H6/c1-24(2)16-6-5-15-23-21(25)14-9-17-7-3-4-8-20(17)26-19-12-10-18(22)11-13-19;1-2/h3-4,7-14H,5-6,15-16H2,1-2H3,(H,23,25);1-2H3/b14-9-;. The molecule has 0 bridgehead atoms. The molecule has 0 fully saturated rings. The van der Waals surface area contributed by atoms with Crippen molar-refractivity contribution in [3.05, 3.63) is 65.2 Å². The Labute approximate surface area is 179 Å². The summed E-state index contributed by atoms with van der Waals surface area (Å²) in [5, 5.41) is 3.66. The average Bonchev–Trinajstić information content (AvgIpc) is 2.70. The second-order valence-corrected chi connectivity index (χ2v) is 7.78. The van der Waals surface area contributed by atoms with Gasteiger partial charge in [-0.1, -0.05) is 55.4 Å². The molecular formula is C23H31ClN2OS. The van der Waals surface area contributed by atoms with Gasteiger partial charge in [-0.2, -0.15) is 0 Å². The molecule has 1 amide bonds. The van der Waals surface area contributed by atoms with Gasteiger partial charge in [0.15, 0.2) is 0 Å². The van der Waals surface area contributed by atoms with Gasteiger partial charge < -0.3 is 10.2 Å². The highest BCUT2D eigenvalue weighted by Gasteiger charge is 2.03. The van der Waals surface area contributed by atoms with Crippen molar-refractivity contribution in [2.24, 2.45) is 0 Å². The molecule has 0 aliphatic carbocycles. The molecule has 0 radical (unpaired) electrons. The second-order valence-electron chi connectivity index (χ2n) is 6.23. The Kier molecular flexibility index (Phi) is 12.4. The van der Waals surface area contributed by atoms with Crippen LogP contribution in [0.3, 0.4) is 0 Å². The molecule has 1 N–H and O–H groups in total. The highest BCUT2D eigenvalue weighted by Crippen LogP contribution is 2.31. The van der Waals surface area contributed by atoms with Crippen LogP contribution < -0.4 is 5.32 Å². The molecule has 0 saturated heterocycles. The van der Waals surface area contributed by atoms with Gasteiger partial charge in [-0.15, -0.1) is 0 Å². The number of carbonyl (C=O) groups is 1. The van der Waals surface area contributed by atoms with E-state index in [4.69, 9.17) is 11.6 Å². The lowest BCUT2D eigenvalue weighted by Gasteiger charge is -2.08. The van der Waals surface area contributed by atoms with Crippen molar-refractivity contribution in [2.45, 2.75) is 36.5 Å². The van der Waals surface area contributed by atoms with Crippen LogP contribution in [0.25, 0.3) is 6.08 Å². The Morgan fingerprint density at radius 2 is 1.75 bits per heavy atom. The van der Waals surface area contributed by atoms with E-state index in [1.54, 1.807) is 17.8 Å². The molecule has 0 aliphatic heterocycles. The minimum absolute atomic E-state index is 0.0545. The third-order valence-corrected chi connectivity index (χ3v) is 5.06. The zero-order valence-electron chi connectivity index (χ0n) is 17.2. The lowest BCUT2D eigenvalue weighted by molar-refractivity contribution is -0.116. The highest BCUT2D eigenvalue weighted by atomic mass is 35.5. The summed E-state index contributed by atoms with van der Waals surface area (Å²) in [7, 11) is 4.11. The Hall–Kier alpha value is -1.75. The summed E-state index contributed by atoms with van der Waals surface area (Å²) in [6.45, 7) is 5.75. The smallest absolute Gasteiger partial charge is 0.243 e. The number of benzene rings is 2. The van der Waals surface area contributed by atoms with Crippen LogP contribution in [0.2, 0.25) is 5.02 Å². The van der Waals surface area contributed by atoms with Crippen LogP contribution in [0.5, 0.6) is 0 Å². The van der Waals surface area contributed by atoms with Gasteiger partial charge in [-0.25, -0.2) is 0 Å². The number of carbonyl (C=O) groups excluding carboxylic acids is 1. The SMILES string of the molecule is CC.CN(C)CCCCNC(=O)/C=C\c1ccccc1Sc1ccc(Cl)cc1. The Balaban J connectivity index is 0.00000190. The predicted molar refractivity (Wildman–Crippen MR) is 123 cm³/mol. The third-order valence-electron chi connectivity index (χ3n) is 3.71. The van der Waals surface area contributed by atoms with Crippen molar-refractivity contribution in [2.75, 3.05) is 27.2 Å². The highest BCUT2D eigenvalue weighted by molar-refractivity contribution is 7.99. The molecule has 28 heavy (non-hydrogen) atoms. The van der Waals surface area contributed by atoms with Crippen molar-refractivity contribution in [1.29, 1.82) is 0 Å². The van der Waals surface area contributed by atoms with Gasteiger partial charge in [-0.3, -0.25) is 4.79 Å². The minimum atomic E-state index is -0.0545. The first-order valence-electron chi connectivity index (χ1n) is 9.67. The van der Waals surface area contributed by atoms with Crippen LogP contribution in [0.4, 0.5) is 0 Å². The molecule has 3 nitrogen and oxygen atoms in total. The number of hydrogen-bond acceptors (Lipinski definition) is 3. The molecule has 0 saturated carbocycles. The van der Waals surface area contributed by atoms with E-state index in [2.05, 4.69) is 30.4 Å². The van der Waals surface area contributed by atoms with Crippen LogP contribution in [-0.4, -0.2) is 38.0 Å². The molecule has 0 aromatic heterocycles. The van der Waals surface area contributed by atoms with Gasteiger partial charge in [0, 0.05) is 27.4 Å². The molecule has 0 atom stereocenters. The van der Waals surface area contributed by atoms with Gasteiger partial charge in [0.1, 0.15) is 0 Å². The normalized spacial score (nSPS) is 10.6. The quantitative estimate of drug-likeness (QED) is 0.401. The van der Waals surface area contributed by atoms with Crippen LogP contribution in [0.1, 0.15) is 32.3 Å². The maximum Gasteiger partial charge on any atom is 0.243 e. The van der Waals surface area contributed by atoms with Crippen molar-refractivity contribution in [1.82, 2.24) is 10.2 Å². The summed E-state index contributed by atoms with van der Waals surface area (Å²) < 4.78 is 0. The third kappa shape index (κ3) is 9.98. The second kappa shape index (κ2) is 14.3. The first-order valence-corrected chi connectivity index (χ1v) is 10.9. The van der Waals surface area contributed by atoms with Gasteiger partial charge in [0.2, 0.25) is 5.91 Å². The molecule has 0 heterocycles. The zero-order chi connectivity index (χ0) is 20.8. The fourth-order valence-corrected chi connectivity index (χ4v) is 3.38. The summed E-state index contributed by atoms with van der Waals surface area (Å²) in [6, 6.07) is 15.8. The Morgan fingerprint density at radius 1 is 1.07 bits per heavy atom. The van der Waals surface area contributed by atoms with Gasteiger partial charge >= 0.3 is 0 Å². The predicted octanol–water partition coefficient (Wildman–Crippen LogP) is 5.99. The summed E-state index contributed by atoms with van der Waals surface area (Å²) in [6.07, 6.45) is 5.54. The molecule has 0 unspecified atom stereocenters. The Morgan fingerprint density at radius 3 is 2.43 bits per heavy atom. The topological polar surface area (TPSA) is 32.3 Å². The van der Waals surface area contributed by atoms with Crippen molar-refractivity contribution < 1.29 is 4.79 Å². The molecule has 0 spiro atoms. The van der Waals surface area contributed by atoms with Gasteiger partial charge in [-0.05, 0) is 75.5 Å². The number of unbranched alkanes of at least 4 members (excludes halogenated alkanes) is 1. The number of nitrogens with zero attached hydrogens (tertiary/aromatic N) is 1. The number of hydrogen-bond donors (Lipinski definition) is 1. The van der Waals surface area contributed by atoms with Crippen LogP contribution in [-0.2, 0) is 4.79 Å². The van der Waals surface area contributed by atoms with Crippen molar-refractivity contribution in [3.63, 3.8) is 0 Å². The number of halogens is 1. The van der Waals surface area contributed by atoms with E-state index >= 15 is 0 Å². The first kappa shape index (κ1) is 24.3. The van der Waals surface area contributed by atoms with E-state index in [0.29, 0.717) is 6.54 Å². The fourth-order valence-electron chi connectivity index (χ4n) is 2.33. The molecule has 2 aromatic carbocycles. The summed E-state index contributed by atoms with van der Waals surface area (Å²) >= 11 is 7.60. The maximum absolute atomic E-state index is 12.0. The van der Waals surface area contributed by atoms with Crippen LogP contribution >= 0.6 is 23.4 Å². The number of rotatable bonds is 9. The summed E-state index contributed by atoms with van der Waals surface area (Å²) in [4.78, 5) is 16.4.